The van der Waals surface area contributed by atoms with E-state index in [2.05, 4.69) is 318 Å². The maximum absolute atomic E-state index is 7.26. The number of nitrogens with zero attached hydrogens (tertiary/aromatic N) is 2. The SMILES string of the molecule is CC(C)(C)c1cccc(-c2ccc(N(c3cc(N(c4cccc(Cl)c4)c4c(-c5ccccc5)cc5sc6ccccc6c5c4-c4ccccc4)cc(C(C)(C)C)c3)c3c(-c4ccccc4)cc4oc5ccccc5c4c3-c3ccccc3)cc2)c1. The molecule has 0 saturated carbocycles. The van der Waals surface area contributed by atoms with E-state index < -0.39 is 0 Å². The Kier molecular flexibility index (Phi) is 13.6. The summed E-state index contributed by atoms with van der Waals surface area (Å²) in [7, 11) is 0. The van der Waals surface area contributed by atoms with Crippen LogP contribution in [0.2, 0.25) is 5.02 Å². The van der Waals surface area contributed by atoms with Gasteiger partial charge in [0.1, 0.15) is 11.2 Å². The molecular formula is C80H63ClN2OS. The van der Waals surface area contributed by atoms with E-state index in [0.717, 1.165) is 112 Å². The van der Waals surface area contributed by atoms with Crippen molar-refractivity contribution in [3.63, 3.8) is 0 Å². The summed E-state index contributed by atoms with van der Waals surface area (Å²) in [5.41, 5.74) is 20.9. The van der Waals surface area contributed by atoms with Crippen molar-refractivity contribution < 1.29 is 4.42 Å². The molecule has 85 heavy (non-hydrogen) atoms. The summed E-state index contributed by atoms with van der Waals surface area (Å²) in [6.07, 6.45) is 0. The molecule has 0 atom stereocenters. The van der Waals surface area contributed by atoms with E-state index in [1.807, 2.05) is 17.4 Å². The lowest BCUT2D eigenvalue weighted by Gasteiger charge is -2.35. The highest BCUT2D eigenvalue weighted by Gasteiger charge is 2.32. The molecule has 3 nitrogen and oxygen atoms in total. The Labute approximate surface area is 507 Å². The summed E-state index contributed by atoms with van der Waals surface area (Å²) in [6, 6.07) is 99.5. The number of para-hydroxylation sites is 1. The molecule has 2 aromatic heterocycles. The number of benzene rings is 12. The smallest absolute Gasteiger partial charge is 0.136 e. The first kappa shape index (κ1) is 53.5. The van der Waals surface area contributed by atoms with Crippen LogP contribution in [0, 0.1) is 0 Å². The molecule has 12 aromatic carbocycles. The van der Waals surface area contributed by atoms with Crippen molar-refractivity contribution in [2.45, 2.75) is 52.4 Å². The van der Waals surface area contributed by atoms with Crippen molar-refractivity contribution in [1.82, 2.24) is 0 Å². The maximum atomic E-state index is 7.26. The van der Waals surface area contributed by atoms with Gasteiger partial charge in [-0.3, -0.25) is 0 Å². The summed E-state index contributed by atoms with van der Waals surface area (Å²) in [6.45, 7) is 13.8. The molecule has 0 spiro atoms. The largest absolute Gasteiger partial charge is 0.456 e. The molecule has 5 heteroatoms. The molecule has 412 valence electrons. The molecule has 0 amide bonds. The van der Waals surface area contributed by atoms with Crippen molar-refractivity contribution in [3.8, 4) is 55.6 Å². The zero-order valence-electron chi connectivity index (χ0n) is 48.6. The number of halogens is 1. The number of hydrogen-bond acceptors (Lipinski definition) is 4. The number of rotatable bonds is 11. The van der Waals surface area contributed by atoms with Crippen LogP contribution in [0.5, 0.6) is 0 Å². The van der Waals surface area contributed by atoms with Gasteiger partial charge in [0.15, 0.2) is 0 Å². The topological polar surface area (TPSA) is 19.6 Å². The van der Waals surface area contributed by atoms with Gasteiger partial charge in [-0.15, -0.1) is 11.3 Å². The van der Waals surface area contributed by atoms with E-state index in [1.54, 1.807) is 0 Å². The Bertz CT molecular complexity index is 4780. The van der Waals surface area contributed by atoms with Crippen LogP contribution in [0.15, 0.2) is 277 Å². The lowest BCUT2D eigenvalue weighted by atomic mass is 9.85. The van der Waals surface area contributed by atoms with Gasteiger partial charge in [-0.1, -0.05) is 253 Å². The van der Waals surface area contributed by atoms with Crippen LogP contribution in [0.3, 0.4) is 0 Å². The average Bonchev–Trinajstić information content (AvgIpc) is 1.82. The minimum absolute atomic E-state index is 0.00789. The van der Waals surface area contributed by atoms with E-state index in [-0.39, 0.29) is 10.8 Å². The van der Waals surface area contributed by atoms with E-state index in [4.69, 9.17) is 16.0 Å². The third-order valence-corrected chi connectivity index (χ3v) is 17.9. The van der Waals surface area contributed by atoms with E-state index >= 15 is 0 Å². The zero-order valence-corrected chi connectivity index (χ0v) is 50.1. The maximum Gasteiger partial charge on any atom is 0.136 e. The fraction of sp³-hybridized carbons (Fsp3) is 0.100. The standard InChI is InChI=1S/C80H63ClN2OS/c1-79(2,3)58-34-23-33-57(45-58)52-41-43-61(44-42-52)82(77-67(53-25-11-7-12-26-53)50-70-75(65-37-19-21-39-69(65)84-70)73(77)55-29-15-9-16-30-55)63-46-59(80(4,5)6)47-64(49-63)83(62-36-24-35-60(81)48-62)78-68(54-27-13-8-14-28-54)51-72-76(66-38-20-22-40-71(66)85-72)74(78)56-31-17-10-18-32-56/h7-51H,1-6H3. The third-order valence-electron chi connectivity index (χ3n) is 16.6. The van der Waals surface area contributed by atoms with Crippen molar-refractivity contribution in [1.29, 1.82) is 0 Å². The lowest BCUT2D eigenvalue weighted by molar-refractivity contribution is 0.590. The van der Waals surface area contributed by atoms with Crippen LogP contribution >= 0.6 is 22.9 Å². The lowest BCUT2D eigenvalue weighted by Crippen LogP contribution is -2.19. The minimum atomic E-state index is -0.328. The summed E-state index contributed by atoms with van der Waals surface area (Å²) < 4.78 is 9.42. The molecule has 0 fully saturated rings. The zero-order chi connectivity index (χ0) is 58.0. The van der Waals surface area contributed by atoms with Crippen molar-refractivity contribution >= 4 is 99.2 Å². The number of thiophene rings is 1. The van der Waals surface area contributed by atoms with Crippen LogP contribution in [-0.2, 0) is 10.8 Å². The molecule has 0 bridgehead atoms. The number of fused-ring (bicyclic) bond motifs is 6. The Morgan fingerprint density at radius 1 is 0.329 bits per heavy atom. The molecular weight excluding hydrogens is 1070 g/mol. The third kappa shape index (κ3) is 9.95. The monoisotopic (exact) mass is 1130 g/mol. The Hall–Kier alpha value is -9.45. The highest BCUT2D eigenvalue weighted by atomic mass is 35.5. The highest BCUT2D eigenvalue weighted by molar-refractivity contribution is 7.26. The van der Waals surface area contributed by atoms with Gasteiger partial charge in [0, 0.05) is 81.0 Å². The van der Waals surface area contributed by atoms with Crippen LogP contribution in [0.25, 0.3) is 97.7 Å². The van der Waals surface area contributed by atoms with Gasteiger partial charge < -0.3 is 14.2 Å². The van der Waals surface area contributed by atoms with Crippen LogP contribution in [0.4, 0.5) is 34.1 Å². The molecule has 14 aromatic rings. The van der Waals surface area contributed by atoms with Crippen molar-refractivity contribution in [2.24, 2.45) is 0 Å². The molecule has 0 unspecified atom stereocenters. The summed E-state index contributed by atoms with van der Waals surface area (Å²) in [4.78, 5) is 5.02. The summed E-state index contributed by atoms with van der Waals surface area (Å²) >= 11 is 9.11. The predicted molar refractivity (Wildman–Crippen MR) is 366 cm³/mol. The number of furan rings is 1. The predicted octanol–water partition coefficient (Wildman–Crippen LogP) is 24.5. The van der Waals surface area contributed by atoms with Gasteiger partial charge in [0.05, 0.1) is 11.4 Å². The first-order chi connectivity index (χ1) is 41.3. The Morgan fingerprint density at radius 3 is 1.44 bits per heavy atom. The fourth-order valence-corrected chi connectivity index (χ4v) is 13.7. The first-order valence-corrected chi connectivity index (χ1v) is 30.4. The second kappa shape index (κ2) is 21.6. The van der Waals surface area contributed by atoms with Gasteiger partial charge in [0.25, 0.3) is 0 Å². The molecule has 0 saturated heterocycles. The molecule has 0 aliphatic rings. The average molecular weight is 1140 g/mol. The summed E-state index contributed by atoms with van der Waals surface area (Å²) in [5, 5.41) is 5.20. The second-order valence-electron chi connectivity index (χ2n) is 24.2. The van der Waals surface area contributed by atoms with Gasteiger partial charge in [0.2, 0.25) is 0 Å². The van der Waals surface area contributed by atoms with Gasteiger partial charge in [-0.2, -0.15) is 0 Å². The second-order valence-corrected chi connectivity index (χ2v) is 25.7. The fourth-order valence-electron chi connectivity index (χ4n) is 12.3. The number of anilines is 6. The molecule has 0 radical (unpaired) electrons. The quantitative estimate of drug-likeness (QED) is 0.129. The van der Waals surface area contributed by atoms with Crippen LogP contribution < -0.4 is 9.80 Å². The highest BCUT2D eigenvalue weighted by Crippen LogP contribution is 2.57. The first-order valence-electron chi connectivity index (χ1n) is 29.2. The van der Waals surface area contributed by atoms with Gasteiger partial charge in [-0.05, 0) is 128 Å². The molecule has 0 aliphatic carbocycles. The van der Waals surface area contributed by atoms with Crippen LogP contribution in [0.1, 0.15) is 52.7 Å². The Balaban J connectivity index is 1.14. The normalized spacial score (nSPS) is 11.9. The van der Waals surface area contributed by atoms with Crippen LogP contribution in [-0.4, -0.2) is 0 Å². The molecule has 14 rings (SSSR count). The molecule has 2 heterocycles. The number of hydrogen-bond donors (Lipinski definition) is 0. The van der Waals surface area contributed by atoms with Gasteiger partial charge in [-0.25, -0.2) is 0 Å². The van der Waals surface area contributed by atoms with E-state index in [1.165, 1.54) is 31.3 Å². The molecule has 0 aliphatic heterocycles. The summed E-state index contributed by atoms with van der Waals surface area (Å²) in [5.74, 6) is 0. The van der Waals surface area contributed by atoms with Gasteiger partial charge >= 0.3 is 0 Å². The Morgan fingerprint density at radius 2 is 0.835 bits per heavy atom. The van der Waals surface area contributed by atoms with Crippen molar-refractivity contribution in [3.05, 3.63) is 289 Å². The minimum Gasteiger partial charge on any atom is -0.456 e. The van der Waals surface area contributed by atoms with Crippen molar-refractivity contribution in [2.75, 3.05) is 9.80 Å². The van der Waals surface area contributed by atoms with E-state index in [9.17, 15) is 0 Å². The molecule has 0 N–H and O–H groups in total. The van der Waals surface area contributed by atoms with E-state index in [0.29, 0.717) is 5.02 Å².